The van der Waals surface area contributed by atoms with Gasteiger partial charge >= 0.3 is 0 Å². The molecular weight excluding hydrogens is 454 g/mol. The van der Waals surface area contributed by atoms with Crippen LogP contribution in [0.3, 0.4) is 0 Å². The fourth-order valence-corrected chi connectivity index (χ4v) is 5.01. The van der Waals surface area contributed by atoms with Gasteiger partial charge in [0.05, 0.1) is 10.3 Å². The number of anilines is 1. The molecule has 0 atom stereocenters. The summed E-state index contributed by atoms with van der Waals surface area (Å²) in [5, 5.41) is 3.04. The molecule has 8 nitrogen and oxygen atoms in total. The lowest BCUT2D eigenvalue weighted by Crippen LogP contribution is -2.28. The minimum atomic E-state index is -3.00. The van der Waals surface area contributed by atoms with Gasteiger partial charge in [-0.2, -0.15) is 0 Å². The summed E-state index contributed by atoms with van der Waals surface area (Å²) in [7, 11) is -1.49. The van der Waals surface area contributed by atoms with Crippen LogP contribution in [0.4, 0.5) is 5.82 Å². The van der Waals surface area contributed by atoms with E-state index in [-0.39, 0.29) is 12.7 Å². The molecule has 5 rings (SSSR count). The molecule has 2 heterocycles. The Morgan fingerprint density at radius 2 is 1.74 bits per heavy atom. The standard InChI is InChI=1S/C25H27N3O5S/c1-15-16(2)23(27-13-20(15)17-4-7-19(8-5-17)34(30,31)26-3)28-24(29)25(10-11-25)18-6-9-21-22(12-18)33-14-32-21/h4-9,12-13,26,30-31H,10-11,14H2,1-3H3,(H,27,28,29). The van der Waals surface area contributed by atoms with E-state index in [0.29, 0.717) is 22.2 Å². The van der Waals surface area contributed by atoms with E-state index in [1.54, 1.807) is 18.3 Å². The monoisotopic (exact) mass is 481 g/mol. The molecule has 0 unspecified atom stereocenters. The van der Waals surface area contributed by atoms with Gasteiger partial charge in [-0.3, -0.25) is 13.9 Å². The van der Waals surface area contributed by atoms with E-state index >= 15 is 0 Å². The van der Waals surface area contributed by atoms with Crippen LogP contribution in [0, 0.1) is 13.8 Å². The maximum absolute atomic E-state index is 13.3. The SMILES string of the molecule is CNS(O)(O)c1ccc(-c2cnc(NC(=O)C3(c4ccc5c(c4)OCO5)CC3)c(C)c2C)cc1. The number of benzene rings is 2. The van der Waals surface area contributed by atoms with Gasteiger partial charge < -0.3 is 14.8 Å². The number of carbonyl (C=O) groups is 1. The van der Waals surface area contributed by atoms with Crippen molar-refractivity contribution in [2.45, 2.75) is 37.0 Å². The fraction of sp³-hybridized carbons (Fsp3) is 0.280. The van der Waals surface area contributed by atoms with Crippen molar-refractivity contribution in [2.24, 2.45) is 0 Å². The minimum Gasteiger partial charge on any atom is -0.454 e. The average Bonchev–Trinajstić information content (AvgIpc) is 3.53. The third kappa shape index (κ3) is 3.80. The maximum Gasteiger partial charge on any atom is 0.236 e. The van der Waals surface area contributed by atoms with Gasteiger partial charge in [0.15, 0.2) is 11.5 Å². The summed E-state index contributed by atoms with van der Waals surface area (Å²) >= 11 is 0. The third-order valence-electron chi connectivity index (χ3n) is 6.76. The van der Waals surface area contributed by atoms with Gasteiger partial charge in [0, 0.05) is 18.8 Å². The topological polar surface area (TPSA) is 113 Å². The lowest BCUT2D eigenvalue weighted by molar-refractivity contribution is -0.118. The van der Waals surface area contributed by atoms with Crippen molar-refractivity contribution in [1.29, 1.82) is 0 Å². The van der Waals surface area contributed by atoms with E-state index in [9.17, 15) is 13.9 Å². The van der Waals surface area contributed by atoms with Crippen LogP contribution >= 0.6 is 10.8 Å². The number of amides is 1. The molecule has 9 heteroatoms. The fourth-order valence-electron chi connectivity index (χ4n) is 4.25. The molecule has 0 bridgehead atoms. The lowest BCUT2D eigenvalue weighted by atomic mass is 9.94. The Kier molecular flexibility index (Phi) is 5.52. The number of nitrogens with one attached hydrogen (secondary N) is 2. The maximum atomic E-state index is 13.3. The summed E-state index contributed by atoms with van der Waals surface area (Å²) in [5.41, 5.74) is 4.05. The highest BCUT2D eigenvalue weighted by Gasteiger charge is 2.52. The first-order chi connectivity index (χ1) is 16.2. The van der Waals surface area contributed by atoms with E-state index in [2.05, 4.69) is 15.0 Å². The number of fused-ring (bicyclic) bond motifs is 1. The molecule has 2 aromatic carbocycles. The molecule has 1 aliphatic heterocycles. The smallest absolute Gasteiger partial charge is 0.236 e. The van der Waals surface area contributed by atoms with Crippen molar-refractivity contribution in [3.8, 4) is 22.6 Å². The Morgan fingerprint density at radius 1 is 1.03 bits per heavy atom. The van der Waals surface area contributed by atoms with E-state index < -0.39 is 16.2 Å². The molecule has 4 N–H and O–H groups in total. The molecule has 1 fully saturated rings. The molecule has 178 valence electrons. The van der Waals surface area contributed by atoms with Crippen LogP contribution in [0.5, 0.6) is 11.5 Å². The molecule has 0 saturated heterocycles. The Balaban J connectivity index is 1.37. The zero-order valence-corrected chi connectivity index (χ0v) is 20.0. The highest BCUT2D eigenvalue weighted by atomic mass is 32.3. The number of rotatable bonds is 6. The lowest BCUT2D eigenvalue weighted by Gasteiger charge is -2.31. The zero-order valence-electron chi connectivity index (χ0n) is 19.2. The molecule has 1 saturated carbocycles. The second kappa shape index (κ2) is 8.28. The Hall–Kier alpha value is -3.11. The number of aromatic nitrogens is 1. The normalized spacial score (nSPS) is 16.3. The van der Waals surface area contributed by atoms with E-state index in [0.717, 1.165) is 40.7 Å². The van der Waals surface area contributed by atoms with Crippen molar-refractivity contribution in [3.63, 3.8) is 0 Å². The number of carbonyl (C=O) groups excluding carboxylic acids is 1. The molecule has 3 aromatic rings. The molecule has 1 aliphatic carbocycles. The number of hydrogen-bond acceptors (Lipinski definition) is 7. The molecule has 1 aromatic heterocycles. The van der Waals surface area contributed by atoms with Gasteiger partial charge in [-0.15, -0.1) is 10.8 Å². The predicted molar refractivity (Wildman–Crippen MR) is 131 cm³/mol. The van der Waals surface area contributed by atoms with Crippen LogP contribution in [0.25, 0.3) is 11.1 Å². The van der Waals surface area contributed by atoms with Crippen molar-refractivity contribution in [3.05, 3.63) is 65.4 Å². The minimum absolute atomic E-state index is 0.0734. The van der Waals surface area contributed by atoms with E-state index in [1.807, 2.05) is 44.2 Å². The van der Waals surface area contributed by atoms with Crippen LogP contribution in [0.15, 0.2) is 53.6 Å². The highest BCUT2D eigenvalue weighted by molar-refractivity contribution is 8.22. The quantitative estimate of drug-likeness (QED) is 0.391. The summed E-state index contributed by atoms with van der Waals surface area (Å²) < 4.78 is 33.5. The first kappa shape index (κ1) is 22.7. The Labute approximate surface area is 199 Å². The Bertz CT molecular complexity index is 1270. The summed E-state index contributed by atoms with van der Waals surface area (Å²) in [6.45, 7) is 4.13. The van der Waals surface area contributed by atoms with E-state index in [4.69, 9.17) is 9.47 Å². The first-order valence-corrected chi connectivity index (χ1v) is 12.5. The van der Waals surface area contributed by atoms with Crippen LogP contribution in [0.2, 0.25) is 0 Å². The average molecular weight is 482 g/mol. The first-order valence-electron chi connectivity index (χ1n) is 11.0. The summed E-state index contributed by atoms with van der Waals surface area (Å²) in [6, 6.07) is 12.7. The van der Waals surface area contributed by atoms with Crippen LogP contribution in [-0.4, -0.2) is 33.8 Å². The highest BCUT2D eigenvalue weighted by Crippen LogP contribution is 2.51. The number of hydrogen-bond donors (Lipinski definition) is 4. The zero-order chi connectivity index (χ0) is 24.1. The third-order valence-corrected chi connectivity index (χ3v) is 8.26. The molecule has 0 radical (unpaired) electrons. The second-order valence-corrected chi connectivity index (χ2v) is 10.6. The van der Waals surface area contributed by atoms with Crippen LogP contribution in [0.1, 0.15) is 29.5 Å². The van der Waals surface area contributed by atoms with Gasteiger partial charge in [-0.25, -0.2) is 9.71 Å². The molecular formula is C25H27N3O5S. The number of pyridine rings is 1. The summed E-state index contributed by atoms with van der Waals surface area (Å²) in [4.78, 5) is 18.3. The predicted octanol–water partition coefficient (Wildman–Crippen LogP) is 5.01. The van der Waals surface area contributed by atoms with Gasteiger partial charge in [-0.05, 0) is 73.2 Å². The largest absolute Gasteiger partial charge is 0.454 e. The second-order valence-electron chi connectivity index (χ2n) is 8.65. The molecule has 1 amide bonds. The van der Waals surface area contributed by atoms with Gasteiger partial charge in [-0.1, -0.05) is 18.2 Å². The van der Waals surface area contributed by atoms with Crippen molar-refractivity contribution in [2.75, 3.05) is 19.2 Å². The van der Waals surface area contributed by atoms with Gasteiger partial charge in [0.25, 0.3) is 0 Å². The molecule has 0 spiro atoms. The summed E-state index contributed by atoms with van der Waals surface area (Å²) in [5.74, 6) is 1.84. The molecule has 2 aliphatic rings. The van der Waals surface area contributed by atoms with Gasteiger partial charge in [0.2, 0.25) is 12.7 Å². The van der Waals surface area contributed by atoms with Crippen molar-refractivity contribution in [1.82, 2.24) is 9.71 Å². The van der Waals surface area contributed by atoms with Crippen LogP contribution < -0.4 is 19.5 Å². The number of ether oxygens (including phenoxy) is 2. The molecule has 34 heavy (non-hydrogen) atoms. The summed E-state index contributed by atoms with van der Waals surface area (Å²) in [6.07, 6.45) is 3.28. The number of nitrogens with zero attached hydrogens (tertiary/aromatic N) is 1. The van der Waals surface area contributed by atoms with Gasteiger partial charge in [0.1, 0.15) is 5.82 Å². The Morgan fingerprint density at radius 3 is 2.41 bits per heavy atom. The van der Waals surface area contributed by atoms with Crippen molar-refractivity contribution < 1.29 is 23.4 Å². The van der Waals surface area contributed by atoms with Crippen molar-refractivity contribution >= 4 is 22.5 Å². The van der Waals surface area contributed by atoms with Crippen LogP contribution in [-0.2, 0) is 10.2 Å². The van der Waals surface area contributed by atoms with E-state index in [1.165, 1.54) is 7.05 Å².